The summed E-state index contributed by atoms with van der Waals surface area (Å²) >= 11 is 0. The Bertz CT molecular complexity index is 1590. The van der Waals surface area contributed by atoms with Crippen LogP contribution in [0, 0.1) is 11.8 Å². The monoisotopic (exact) mass is 761 g/mol. The van der Waals surface area contributed by atoms with Crippen molar-refractivity contribution in [1.29, 1.82) is 0 Å². The summed E-state index contributed by atoms with van der Waals surface area (Å²) in [4.78, 5) is 63.7. The first-order valence-electron chi connectivity index (χ1n) is 19.5. The van der Waals surface area contributed by atoms with E-state index in [1.807, 2.05) is 48.5 Å². The molecule has 300 valence electrons. The normalized spacial score (nSPS) is 18.4. The lowest BCUT2D eigenvalue weighted by Gasteiger charge is -2.34. The first-order chi connectivity index (χ1) is 26.4. The smallest absolute Gasteiger partial charge is 0.300 e. The van der Waals surface area contributed by atoms with Crippen molar-refractivity contribution >= 4 is 23.7 Å². The number of H-pyrrole nitrogens is 1. The average molecular weight is 762 g/mol. The van der Waals surface area contributed by atoms with Crippen LogP contribution in [0.15, 0.2) is 67.3 Å². The van der Waals surface area contributed by atoms with E-state index in [1.165, 1.54) is 12.7 Å². The molecule has 3 aromatic rings. The van der Waals surface area contributed by atoms with Crippen LogP contribution in [-0.2, 0) is 32.0 Å². The lowest BCUT2D eigenvalue weighted by molar-refractivity contribution is -0.138. The van der Waals surface area contributed by atoms with Crippen LogP contribution in [0.2, 0.25) is 0 Å². The van der Waals surface area contributed by atoms with Crippen LogP contribution in [0.5, 0.6) is 0 Å². The number of nitrogens with one attached hydrogen (secondary N) is 3. The van der Waals surface area contributed by atoms with Crippen LogP contribution in [0.1, 0.15) is 94.5 Å². The number of likely N-dealkylation sites (tertiary alicyclic amines) is 1. The van der Waals surface area contributed by atoms with Gasteiger partial charge in [0.2, 0.25) is 17.7 Å². The number of carbonyl (C=O) groups excluding carboxylic acids is 3. The molecule has 0 bridgehead atoms. The average Bonchev–Trinajstić information content (AvgIpc) is 3.70. The molecule has 1 aromatic carbocycles. The van der Waals surface area contributed by atoms with Crippen molar-refractivity contribution in [1.82, 2.24) is 30.5 Å². The molecule has 3 amide bonds. The molecule has 5 rings (SSSR count). The standard InChI is InChI=1S/C39H55N7O5.C2H4O2/c1-26(37(49)35(47)23-32(28-12-6-3-7-13-28)33-14-8-9-17-42-33)44-39(51)34(22-31-24-41-25-43-31)45-38(50)29(20-27-10-4-2-5-11-27)21-36(48)46-18-15-30(40)16-19-46;1-2(3)4/h2,4-5,8-11,14,17,24-26,28-30,32,34-35,37,47,49H,3,6-7,12-13,15-16,18-23,40H2,1H3,(H,41,43)(H,44,51)(H,45,50);1H3,(H,3,4)/t26-,29+,32?,34-,35-,37+;/m0./s1. The van der Waals surface area contributed by atoms with Gasteiger partial charge >= 0.3 is 0 Å². The molecule has 8 N–H and O–H groups in total. The Morgan fingerprint density at radius 1 is 0.927 bits per heavy atom. The predicted molar refractivity (Wildman–Crippen MR) is 207 cm³/mol. The number of nitrogens with two attached hydrogens (primary N) is 1. The largest absolute Gasteiger partial charge is 0.481 e. The quantitative estimate of drug-likeness (QED) is 0.113. The van der Waals surface area contributed by atoms with Crippen molar-refractivity contribution in [3.05, 3.63) is 84.2 Å². The molecule has 14 heteroatoms. The third kappa shape index (κ3) is 14.2. The Labute approximate surface area is 323 Å². The molecule has 2 aliphatic rings. The molecule has 1 aliphatic heterocycles. The van der Waals surface area contributed by atoms with Crippen LogP contribution in [0.25, 0.3) is 0 Å². The fraction of sp³-hybridized carbons (Fsp3) is 0.561. The van der Waals surface area contributed by atoms with E-state index >= 15 is 0 Å². The highest BCUT2D eigenvalue weighted by Crippen LogP contribution is 2.38. The maximum atomic E-state index is 14.0. The van der Waals surface area contributed by atoms with Crippen molar-refractivity contribution in [2.75, 3.05) is 13.1 Å². The minimum Gasteiger partial charge on any atom is -0.481 e. The fourth-order valence-corrected chi connectivity index (χ4v) is 7.59. The number of aromatic nitrogens is 3. The number of benzene rings is 1. The van der Waals surface area contributed by atoms with Crippen molar-refractivity contribution in [3.8, 4) is 0 Å². The lowest BCUT2D eigenvalue weighted by Crippen LogP contribution is -2.55. The van der Waals surface area contributed by atoms with E-state index in [4.69, 9.17) is 15.6 Å². The van der Waals surface area contributed by atoms with E-state index in [0.717, 1.165) is 56.7 Å². The van der Waals surface area contributed by atoms with Crippen LogP contribution >= 0.6 is 0 Å². The number of nitrogens with zero attached hydrogens (tertiary/aromatic N) is 3. The molecular formula is C41H59N7O7. The van der Waals surface area contributed by atoms with Crippen LogP contribution in [0.3, 0.4) is 0 Å². The van der Waals surface area contributed by atoms with Crippen molar-refractivity contribution in [2.24, 2.45) is 17.6 Å². The minimum atomic E-state index is -1.26. The van der Waals surface area contributed by atoms with Crippen LogP contribution in [0.4, 0.5) is 0 Å². The Morgan fingerprint density at radius 3 is 2.22 bits per heavy atom. The Hall–Kier alpha value is -4.66. The first kappa shape index (κ1) is 43.1. The molecule has 3 heterocycles. The van der Waals surface area contributed by atoms with Gasteiger partial charge in [-0.3, -0.25) is 24.2 Å². The van der Waals surface area contributed by atoms with Gasteiger partial charge in [0.1, 0.15) is 6.04 Å². The number of imidazole rings is 1. The molecular weight excluding hydrogens is 702 g/mol. The highest BCUT2D eigenvalue weighted by Gasteiger charge is 2.35. The Morgan fingerprint density at radius 2 is 1.60 bits per heavy atom. The maximum absolute atomic E-state index is 14.0. The Balaban J connectivity index is 0.00000160. The van der Waals surface area contributed by atoms with E-state index in [0.29, 0.717) is 37.5 Å². The number of pyridine rings is 1. The number of piperidine rings is 1. The summed E-state index contributed by atoms with van der Waals surface area (Å²) in [6.07, 6.45) is 10.2. The van der Waals surface area contributed by atoms with E-state index in [2.05, 4.69) is 25.6 Å². The number of carboxylic acid groups (broad SMARTS) is 1. The van der Waals surface area contributed by atoms with Gasteiger partial charge in [-0.1, -0.05) is 55.7 Å². The molecule has 1 saturated carbocycles. The van der Waals surface area contributed by atoms with Crippen molar-refractivity contribution < 1.29 is 34.5 Å². The summed E-state index contributed by atoms with van der Waals surface area (Å²) in [6.45, 7) is 3.85. The number of aliphatic carboxylic acids is 1. The van der Waals surface area contributed by atoms with Gasteiger partial charge in [-0.2, -0.15) is 0 Å². The molecule has 14 nitrogen and oxygen atoms in total. The summed E-state index contributed by atoms with van der Waals surface area (Å²) in [5.41, 5.74) is 8.50. The Kier molecular flexibility index (Phi) is 17.3. The summed E-state index contributed by atoms with van der Waals surface area (Å²) in [5, 5.41) is 35.8. The van der Waals surface area contributed by atoms with Gasteiger partial charge < -0.3 is 41.6 Å². The molecule has 55 heavy (non-hydrogen) atoms. The number of aromatic amines is 1. The van der Waals surface area contributed by atoms with Gasteiger partial charge in [-0.15, -0.1) is 0 Å². The molecule has 0 radical (unpaired) electrons. The third-order valence-corrected chi connectivity index (χ3v) is 10.7. The molecule has 1 aliphatic carbocycles. The fourth-order valence-electron chi connectivity index (χ4n) is 7.59. The number of hydrogen-bond acceptors (Lipinski definition) is 9. The second kappa shape index (κ2) is 22.0. The van der Waals surface area contributed by atoms with E-state index in [1.54, 1.807) is 24.2 Å². The number of aliphatic hydroxyl groups is 2. The van der Waals surface area contributed by atoms with E-state index < -0.39 is 48.0 Å². The van der Waals surface area contributed by atoms with Crippen LogP contribution in [-0.4, -0.2) is 102 Å². The van der Waals surface area contributed by atoms with E-state index in [-0.39, 0.29) is 30.7 Å². The predicted octanol–water partition coefficient (Wildman–Crippen LogP) is 3.10. The molecule has 2 aromatic heterocycles. The molecule has 2 fully saturated rings. The molecule has 1 saturated heterocycles. The van der Waals surface area contributed by atoms with E-state index in [9.17, 15) is 24.6 Å². The molecule has 0 spiro atoms. The lowest BCUT2D eigenvalue weighted by atomic mass is 9.75. The van der Waals surface area contributed by atoms with Gasteiger partial charge in [-0.05, 0) is 69.1 Å². The van der Waals surface area contributed by atoms with Gasteiger partial charge in [-0.25, -0.2) is 4.98 Å². The number of aliphatic hydroxyl groups excluding tert-OH is 2. The highest BCUT2D eigenvalue weighted by molar-refractivity contribution is 5.91. The third-order valence-electron chi connectivity index (χ3n) is 10.7. The topological polar surface area (TPSA) is 224 Å². The number of carboxylic acids is 1. The van der Waals surface area contributed by atoms with Crippen molar-refractivity contribution in [3.63, 3.8) is 0 Å². The summed E-state index contributed by atoms with van der Waals surface area (Å²) in [7, 11) is 0. The molecule has 6 atom stereocenters. The van der Waals surface area contributed by atoms with Gasteiger partial charge in [0.05, 0.1) is 30.5 Å². The number of rotatable bonds is 16. The van der Waals surface area contributed by atoms with Gasteiger partial charge in [0.15, 0.2) is 0 Å². The number of amides is 3. The number of carbonyl (C=O) groups is 4. The summed E-state index contributed by atoms with van der Waals surface area (Å²) in [6, 6.07) is 13.5. The SMILES string of the molecule is CC(=O)O.C[C@H](NC(=O)[C@H](Cc1cnc[nH]1)NC(=O)[C@@H](CC(=O)N1CCC(N)CC1)Cc1ccccc1)[C@@H](O)[C@@H](O)CC(c1ccccn1)C1CCCCC1. The highest BCUT2D eigenvalue weighted by atomic mass is 16.4. The zero-order chi connectivity index (χ0) is 39.7. The maximum Gasteiger partial charge on any atom is 0.300 e. The first-order valence-corrected chi connectivity index (χ1v) is 19.5. The van der Waals surface area contributed by atoms with Gasteiger partial charge in [0.25, 0.3) is 5.97 Å². The molecule has 1 unspecified atom stereocenters. The second-order valence-electron chi connectivity index (χ2n) is 15.0. The zero-order valence-corrected chi connectivity index (χ0v) is 32.1. The van der Waals surface area contributed by atoms with Gasteiger partial charge in [0, 0.05) is 68.6 Å². The zero-order valence-electron chi connectivity index (χ0n) is 32.1. The summed E-state index contributed by atoms with van der Waals surface area (Å²) < 4.78 is 0. The number of hydrogen-bond donors (Lipinski definition) is 7. The van der Waals surface area contributed by atoms with Crippen LogP contribution < -0.4 is 16.4 Å². The minimum absolute atomic E-state index is 0.00585. The summed E-state index contributed by atoms with van der Waals surface area (Å²) in [5.74, 6) is -2.26. The van der Waals surface area contributed by atoms with Crippen molar-refractivity contribution in [2.45, 2.75) is 121 Å². The second-order valence-corrected chi connectivity index (χ2v) is 15.0.